The molecule has 0 fully saturated rings. The van der Waals surface area contributed by atoms with Crippen LogP contribution in [0.5, 0.6) is 5.75 Å². The van der Waals surface area contributed by atoms with E-state index >= 15 is 0 Å². The maximum absolute atomic E-state index is 5.21. The molecular weight excluding hydrogens is 366 g/mol. The second kappa shape index (κ2) is 7.17. The summed E-state index contributed by atoms with van der Waals surface area (Å²) in [5.41, 5.74) is 7.41. The number of thioether (sulfide) groups is 1. The predicted molar refractivity (Wildman–Crippen MR) is 113 cm³/mol. The van der Waals surface area contributed by atoms with Crippen molar-refractivity contribution in [3.05, 3.63) is 95.8 Å². The van der Waals surface area contributed by atoms with E-state index in [9.17, 15) is 0 Å². The van der Waals surface area contributed by atoms with Gasteiger partial charge in [0.05, 0.1) is 29.9 Å². The van der Waals surface area contributed by atoms with Crippen molar-refractivity contribution in [1.82, 2.24) is 15.0 Å². The second-order valence-corrected chi connectivity index (χ2v) is 7.81. The van der Waals surface area contributed by atoms with Crippen molar-refractivity contribution in [1.29, 1.82) is 0 Å². The summed E-state index contributed by atoms with van der Waals surface area (Å²) in [6.07, 6.45) is 2.00. The molecule has 0 saturated heterocycles. The van der Waals surface area contributed by atoms with Crippen LogP contribution < -0.4 is 4.74 Å². The fraction of sp³-hybridized carbons (Fsp3) is 0.130. The van der Waals surface area contributed by atoms with Gasteiger partial charge in [-0.15, -0.1) is 16.9 Å². The maximum Gasteiger partial charge on any atom is 0.119 e. The molecule has 1 aliphatic carbocycles. The van der Waals surface area contributed by atoms with E-state index in [4.69, 9.17) is 4.74 Å². The molecule has 5 heteroatoms. The molecule has 1 heterocycles. The second-order valence-electron chi connectivity index (χ2n) is 6.72. The summed E-state index contributed by atoms with van der Waals surface area (Å²) in [7, 11) is 1.67. The van der Waals surface area contributed by atoms with E-state index in [0.29, 0.717) is 5.25 Å². The highest BCUT2D eigenvalue weighted by molar-refractivity contribution is 7.99. The van der Waals surface area contributed by atoms with Crippen LogP contribution in [0.2, 0.25) is 0 Å². The van der Waals surface area contributed by atoms with E-state index in [2.05, 4.69) is 58.8 Å². The number of benzene rings is 3. The number of hydrogen-bond donors (Lipinski definition) is 0. The average Bonchev–Trinajstić information content (AvgIpc) is 3.35. The molecule has 0 spiro atoms. The zero-order valence-corrected chi connectivity index (χ0v) is 16.3. The first-order valence-corrected chi connectivity index (χ1v) is 10.2. The van der Waals surface area contributed by atoms with Crippen LogP contribution in [0.3, 0.4) is 0 Å². The van der Waals surface area contributed by atoms with Crippen LogP contribution in [0.4, 0.5) is 0 Å². The minimum Gasteiger partial charge on any atom is -0.497 e. The summed E-state index contributed by atoms with van der Waals surface area (Å²) in [6, 6.07) is 25.2. The molecule has 3 aromatic carbocycles. The molecule has 138 valence electrons. The third kappa shape index (κ3) is 2.98. The van der Waals surface area contributed by atoms with E-state index < -0.39 is 0 Å². The molecule has 4 nitrogen and oxygen atoms in total. The Morgan fingerprint density at radius 1 is 0.893 bits per heavy atom. The first-order chi connectivity index (χ1) is 13.8. The van der Waals surface area contributed by atoms with Crippen LogP contribution >= 0.6 is 11.8 Å². The van der Waals surface area contributed by atoms with Crippen molar-refractivity contribution < 1.29 is 4.74 Å². The van der Waals surface area contributed by atoms with Crippen molar-refractivity contribution in [3.8, 4) is 22.6 Å². The van der Waals surface area contributed by atoms with Crippen LogP contribution in [0, 0.1) is 0 Å². The lowest BCUT2D eigenvalue weighted by atomic mass is 10.1. The lowest BCUT2D eigenvalue weighted by Crippen LogP contribution is -1.94. The molecule has 5 rings (SSSR count). The molecule has 28 heavy (non-hydrogen) atoms. The molecule has 0 radical (unpaired) electrons. The van der Waals surface area contributed by atoms with Gasteiger partial charge in [0.15, 0.2) is 0 Å². The number of hydrogen-bond acceptors (Lipinski definition) is 4. The molecule has 1 aliphatic rings. The molecule has 4 aromatic rings. The van der Waals surface area contributed by atoms with Crippen LogP contribution in [-0.4, -0.2) is 22.1 Å². The predicted octanol–water partition coefficient (Wildman–Crippen LogP) is 5.28. The molecule has 0 unspecified atom stereocenters. The van der Waals surface area contributed by atoms with Crippen molar-refractivity contribution in [3.63, 3.8) is 0 Å². The van der Waals surface area contributed by atoms with Crippen molar-refractivity contribution in [2.45, 2.75) is 11.0 Å². The summed E-state index contributed by atoms with van der Waals surface area (Å²) < 4.78 is 7.03. The van der Waals surface area contributed by atoms with E-state index in [-0.39, 0.29) is 0 Å². The number of rotatable bonds is 5. The van der Waals surface area contributed by atoms with Crippen molar-refractivity contribution in [2.75, 3.05) is 7.11 Å². The zero-order valence-electron chi connectivity index (χ0n) is 15.4. The average molecular weight is 385 g/mol. The fourth-order valence-corrected chi connectivity index (χ4v) is 4.92. The summed E-state index contributed by atoms with van der Waals surface area (Å²) in [5.74, 6) is 1.64. The fourth-order valence-electron chi connectivity index (χ4n) is 3.68. The van der Waals surface area contributed by atoms with Gasteiger partial charge in [0.2, 0.25) is 0 Å². The number of methoxy groups -OCH3 is 1. The molecule has 0 bridgehead atoms. The van der Waals surface area contributed by atoms with Gasteiger partial charge in [0.25, 0.3) is 0 Å². The van der Waals surface area contributed by atoms with Crippen LogP contribution in [0.15, 0.2) is 79.0 Å². The Morgan fingerprint density at radius 3 is 2.18 bits per heavy atom. The van der Waals surface area contributed by atoms with Crippen molar-refractivity contribution >= 4 is 11.8 Å². The van der Waals surface area contributed by atoms with Gasteiger partial charge in [0.1, 0.15) is 5.75 Å². The SMILES string of the molecule is COc1ccc(-n2cc(CSC3c4ccccc4-c4ccccc43)nn2)cc1. The Bertz CT molecular complexity index is 1080. The zero-order chi connectivity index (χ0) is 18.9. The summed E-state index contributed by atoms with van der Waals surface area (Å²) >= 11 is 1.90. The molecule has 0 amide bonds. The number of fused-ring (bicyclic) bond motifs is 3. The van der Waals surface area contributed by atoms with Gasteiger partial charge in [-0.2, -0.15) is 0 Å². The standard InChI is InChI=1S/C23H19N3OS/c1-27-18-12-10-17(11-13-18)26-14-16(24-25-26)15-28-23-21-8-4-2-6-19(21)20-7-3-5-9-22(20)23/h2-14,23H,15H2,1H3. The van der Waals surface area contributed by atoms with E-state index in [1.54, 1.807) is 7.11 Å². The quantitative estimate of drug-likeness (QED) is 0.469. The first kappa shape index (κ1) is 17.1. The van der Waals surface area contributed by atoms with Gasteiger partial charge >= 0.3 is 0 Å². The Labute approximate surface area is 168 Å². The number of nitrogens with zero attached hydrogens (tertiary/aromatic N) is 3. The molecule has 0 N–H and O–H groups in total. The van der Waals surface area contributed by atoms with Crippen LogP contribution in [0.25, 0.3) is 16.8 Å². The van der Waals surface area contributed by atoms with E-state index in [0.717, 1.165) is 22.9 Å². The van der Waals surface area contributed by atoms with E-state index in [1.807, 2.05) is 46.9 Å². The van der Waals surface area contributed by atoms with Gasteiger partial charge in [-0.1, -0.05) is 53.7 Å². The van der Waals surface area contributed by atoms with E-state index in [1.165, 1.54) is 22.3 Å². The molecule has 0 atom stereocenters. The third-order valence-electron chi connectivity index (χ3n) is 5.05. The monoisotopic (exact) mass is 385 g/mol. The first-order valence-electron chi connectivity index (χ1n) is 9.19. The normalized spacial score (nSPS) is 12.6. The highest BCUT2D eigenvalue weighted by atomic mass is 32.2. The Morgan fingerprint density at radius 2 is 1.54 bits per heavy atom. The molecule has 1 aromatic heterocycles. The number of ether oxygens (including phenoxy) is 1. The largest absolute Gasteiger partial charge is 0.497 e. The molecule has 0 aliphatic heterocycles. The van der Waals surface area contributed by atoms with Gasteiger partial charge in [-0.3, -0.25) is 0 Å². The van der Waals surface area contributed by atoms with Crippen molar-refractivity contribution in [2.24, 2.45) is 0 Å². The number of aromatic nitrogens is 3. The smallest absolute Gasteiger partial charge is 0.119 e. The highest BCUT2D eigenvalue weighted by Crippen LogP contribution is 2.50. The van der Waals surface area contributed by atoms with Gasteiger partial charge in [-0.25, -0.2) is 4.68 Å². The maximum atomic E-state index is 5.21. The highest BCUT2D eigenvalue weighted by Gasteiger charge is 2.28. The van der Waals surface area contributed by atoms with Crippen LogP contribution in [-0.2, 0) is 5.75 Å². The molecular formula is C23H19N3OS. The van der Waals surface area contributed by atoms with Gasteiger partial charge < -0.3 is 4.74 Å². The minimum atomic E-state index is 0.332. The summed E-state index contributed by atoms with van der Waals surface area (Å²) in [6.45, 7) is 0. The Hall–Kier alpha value is -3.05. The lowest BCUT2D eigenvalue weighted by molar-refractivity contribution is 0.414. The molecule has 0 saturated carbocycles. The summed E-state index contributed by atoms with van der Waals surface area (Å²) in [5, 5.41) is 8.99. The lowest BCUT2D eigenvalue weighted by Gasteiger charge is -2.12. The third-order valence-corrected chi connectivity index (χ3v) is 6.36. The summed E-state index contributed by atoms with van der Waals surface area (Å²) in [4.78, 5) is 0. The minimum absolute atomic E-state index is 0.332. The van der Waals surface area contributed by atoms with Crippen LogP contribution in [0.1, 0.15) is 22.1 Å². The van der Waals surface area contributed by atoms with Gasteiger partial charge in [0, 0.05) is 5.75 Å². The Balaban J connectivity index is 1.36. The topological polar surface area (TPSA) is 39.9 Å². The Kier molecular flexibility index (Phi) is 4.37. The van der Waals surface area contributed by atoms with Gasteiger partial charge in [-0.05, 0) is 46.5 Å².